The number of esters is 1. The van der Waals surface area contributed by atoms with Crippen LogP contribution in [0, 0.1) is 0 Å². The van der Waals surface area contributed by atoms with Gasteiger partial charge in [0.1, 0.15) is 0 Å². The van der Waals surface area contributed by atoms with Crippen LogP contribution in [0.5, 0.6) is 11.5 Å². The Bertz CT molecular complexity index is 1300. The normalized spacial score (nSPS) is 10.6. The molecule has 0 heterocycles. The van der Waals surface area contributed by atoms with Gasteiger partial charge >= 0.3 is 17.8 Å². The van der Waals surface area contributed by atoms with E-state index in [9.17, 15) is 14.4 Å². The maximum atomic E-state index is 12.5. The fraction of sp³-hybridized carbons (Fsp3) is 0.0833. The van der Waals surface area contributed by atoms with E-state index in [2.05, 4.69) is 15.8 Å². The van der Waals surface area contributed by atoms with Crippen molar-refractivity contribution in [3.8, 4) is 11.5 Å². The van der Waals surface area contributed by atoms with Gasteiger partial charge in [0.2, 0.25) is 0 Å². The summed E-state index contributed by atoms with van der Waals surface area (Å²) in [7, 11) is 0. The van der Waals surface area contributed by atoms with Gasteiger partial charge in [0, 0.05) is 5.02 Å². The standard InChI is InChI=1S/C24H18Cl3N3O5/c1-2-34-21-11-14(7-10-20(21)35-24(33)16-9-8-15(25)12-18(16)27)13-28-30-23(32)22(31)29-19-6-4-3-5-17(19)26/h3-13H,2H2,1H3,(H,29,31)(H,30,32)/b28-13-. The van der Waals surface area contributed by atoms with Crippen LogP contribution in [0.4, 0.5) is 5.69 Å². The lowest BCUT2D eigenvalue weighted by Gasteiger charge is -2.12. The summed E-state index contributed by atoms with van der Waals surface area (Å²) < 4.78 is 11.0. The topological polar surface area (TPSA) is 106 Å². The summed E-state index contributed by atoms with van der Waals surface area (Å²) in [6.45, 7) is 2.06. The first-order valence-electron chi connectivity index (χ1n) is 10.1. The summed E-state index contributed by atoms with van der Waals surface area (Å²) in [6.07, 6.45) is 1.30. The highest BCUT2D eigenvalue weighted by molar-refractivity contribution is 6.41. The second-order valence-electron chi connectivity index (χ2n) is 6.79. The van der Waals surface area contributed by atoms with Crippen molar-refractivity contribution in [1.82, 2.24) is 5.43 Å². The second kappa shape index (κ2) is 12.2. The minimum absolute atomic E-state index is 0.141. The van der Waals surface area contributed by atoms with Crippen molar-refractivity contribution < 1.29 is 23.9 Å². The summed E-state index contributed by atoms with van der Waals surface area (Å²) in [5.74, 6) is -2.20. The van der Waals surface area contributed by atoms with Crippen molar-refractivity contribution in [2.45, 2.75) is 6.92 Å². The molecule has 0 spiro atoms. The molecule has 3 rings (SSSR count). The quantitative estimate of drug-likeness (QED) is 0.140. The zero-order chi connectivity index (χ0) is 25.4. The van der Waals surface area contributed by atoms with E-state index in [0.29, 0.717) is 27.9 Å². The zero-order valence-electron chi connectivity index (χ0n) is 18.2. The molecule has 35 heavy (non-hydrogen) atoms. The highest BCUT2D eigenvalue weighted by atomic mass is 35.5. The van der Waals surface area contributed by atoms with Crippen LogP contribution in [-0.2, 0) is 9.59 Å². The zero-order valence-corrected chi connectivity index (χ0v) is 20.4. The molecule has 3 aromatic carbocycles. The molecule has 2 amide bonds. The number of nitrogens with zero attached hydrogens (tertiary/aromatic N) is 1. The Morgan fingerprint density at radius 3 is 2.40 bits per heavy atom. The number of benzene rings is 3. The van der Waals surface area contributed by atoms with Crippen molar-refractivity contribution in [2.75, 3.05) is 11.9 Å². The Balaban J connectivity index is 1.66. The maximum Gasteiger partial charge on any atom is 0.345 e. The van der Waals surface area contributed by atoms with Crippen LogP contribution < -0.4 is 20.2 Å². The lowest BCUT2D eigenvalue weighted by atomic mass is 10.2. The van der Waals surface area contributed by atoms with Crippen LogP contribution in [0.3, 0.4) is 0 Å². The summed E-state index contributed by atoms with van der Waals surface area (Å²) in [5.41, 5.74) is 3.07. The van der Waals surface area contributed by atoms with Gasteiger partial charge in [0.15, 0.2) is 11.5 Å². The van der Waals surface area contributed by atoms with E-state index in [-0.39, 0.29) is 22.1 Å². The van der Waals surface area contributed by atoms with Crippen LogP contribution in [0.2, 0.25) is 15.1 Å². The number of hydrogen-bond acceptors (Lipinski definition) is 6. The highest BCUT2D eigenvalue weighted by Gasteiger charge is 2.17. The van der Waals surface area contributed by atoms with Gasteiger partial charge in [-0.1, -0.05) is 46.9 Å². The third-order valence-electron chi connectivity index (χ3n) is 4.33. The molecule has 0 radical (unpaired) electrons. The fourth-order valence-electron chi connectivity index (χ4n) is 2.73. The third kappa shape index (κ3) is 7.19. The molecule has 3 aromatic rings. The SMILES string of the molecule is CCOc1cc(/C=N\NC(=O)C(=O)Nc2ccccc2Cl)ccc1OC(=O)c1ccc(Cl)cc1Cl. The van der Waals surface area contributed by atoms with Gasteiger partial charge in [0.25, 0.3) is 0 Å². The molecule has 2 N–H and O–H groups in total. The van der Waals surface area contributed by atoms with Gasteiger partial charge < -0.3 is 14.8 Å². The number of nitrogens with one attached hydrogen (secondary N) is 2. The van der Waals surface area contributed by atoms with Crippen LogP contribution >= 0.6 is 34.8 Å². The molecule has 0 unspecified atom stereocenters. The Morgan fingerprint density at radius 2 is 1.69 bits per heavy atom. The van der Waals surface area contributed by atoms with Crippen molar-refractivity contribution in [3.05, 3.63) is 86.9 Å². The molecule has 0 aromatic heterocycles. The van der Waals surface area contributed by atoms with Gasteiger partial charge in [0.05, 0.1) is 34.1 Å². The first-order valence-corrected chi connectivity index (χ1v) is 11.2. The summed E-state index contributed by atoms with van der Waals surface area (Å²) in [6, 6.07) is 15.5. The van der Waals surface area contributed by atoms with Crippen LogP contribution in [-0.4, -0.2) is 30.6 Å². The number of ether oxygens (including phenoxy) is 2. The lowest BCUT2D eigenvalue weighted by molar-refractivity contribution is -0.136. The number of anilines is 1. The number of hydrazone groups is 1. The van der Waals surface area contributed by atoms with Crippen LogP contribution in [0.1, 0.15) is 22.8 Å². The molecule has 0 atom stereocenters. The van der Waals surface area contributed by atoms with Crippen molar-refractivity contribution in [1.29, 1.82) is 0 Å². The Hall–Kier alpha value is -3.59. The molecule has 11 heteroatoms. The first-order chi connectivity index (χ1) is 16.8. The minimum atomic E-state index is -0.989. The van der Waals surface area contributed by atoms with Gasteiger partial charge in [-0.15, -0.1) is 0 Å². The van der Waals surface area contributed by atoms with Gasteiger partial charge in [-0.3, -0.25) is 9.59 Å². The molecule has 0 fully saturated rings. The Morgan fingerprint density at radius 1 is 0.914 bits per heavy atom. The first kappa shape index (κ1) is 26.0. The molecule has 180 valence electrons. The van der Waals surface area contributed by atoms with E-state index in [4.69, 9.17) is 44.3 Å². The van der Waals surface area contributed by atoms with Crippen molar-refractivity contribution in [2.24, 2.45) is 5.10 Å². The van der Waals surface area contributed by atoms with Gasteiger partial charge in [-0.25, -0.2) is 10.2 Å². The molecular formula is C24H18Cl3N3O5. The van der Waals surface area contributed by atoms with E-state index in [1.54, 1.807) is 43.3 Å². The molecule has 0 saturated heterocycles. The average Bonchev–Trinajstić information content (AvgIpc) is 2.82. The predicted molar refractivity (Wildman–Crippen MR) is 135 cm³/mol. The molecule has 0 saturated carbocycles. The lowest BCUT2D eigenvalue weighted by Crippen LogP contribution is -2.32. The number of hydrogen-bond donors (Lipinski definition) is 2. The number of amides is 2. The fourth-order valence-corrected chi connectivity index (χ4v) is 3.39. The monoisotopic (exact) mass is 533 g/mol. The predicted octanol–water partition coefficient (Wildman–Crippen LogP) is 5.35. The Labute approximate surface area is 215 Å². The largest absolute Gasteiger partial charge is 0.490 e. The smallest absolute Gasteiger partial charge is 0.345 e. The number of carbonyl (C=O) groups is 3. The summed E-state index contributed by atoms with van der Waals surface area (Å²) in [5, 5.41) is 6.99. The molecular weight excluding hydrogens is 517 g/mol. The number of rotatable bonds is 7. The molecule has 0 bridgehead atoms. The molecule has 8 nitrogen and oxygen atoms in total. The van der Waals surface area contributed by atoms with Crippen molar-refractivity contribution in [3.63, 3.8) is 0 Å². The Kier molecular flexibility index (Phi) is 9.08. The second-order valence-corrected chi connectivity index (χ2v) is 8.04. The number of para-hydroxylation sites is 1. The van der Waals surface area contributed by atoms with E-state index in [1.165, 1.54) is 30.5 Å². The number of carbonyl (C=O) groups excluding carboxylic acids is 3. The minimum Gasteiger partial charge on any atom is -0.490 e. The molecule has 0 aliphatic heterocycles. The van der Waals surface area contributed by atoms with Gasteiger partial charge in [-0.05, 0) is 61.0 Å². The summed E-state index contributed by atoms with van der Waals surface area (Å²) in [4.78, 5) is 36.5. The van der Waals surface area contributed by atoms with Gasteiger partial charge in [-0.2, -0.15) is 5.10 Å². The van der Waals surface area contributed by atoms with Crippen LogP contribution in [0.15, 0.2) is 65.8 Å². The molecule has 0 aliphatic rings. The van der Waals surface area contributed by atoms with Crippen LogP contribution in [0.25, 0.3) is 0 Å². The van der Waals surface area contributed by atoms with Crippen molar-refractivity contribution >= 4 is 64.5 Å². The van der Waals surface area contributed by atoms with E-state index >= 15 is 0 Å². The van der Waals surface area contributed by atoms with E-state index in [1.807, 2.05) is 0 Å². The number of halogens is 3. The average molecular weight is 535 g/mol. The van der Waals surface area contributed by atoms with E-state index in [0.717, 1.165) is 0 Å². The molecule has 0 aliphatic carbocycles. The highest BCUT2D eigenvalue weighted by Crippen LogP contribution is 2.30. The summed E-state index contributed by atoms with van der Waals surface area (Å²) >= 11 is 17.9. The third-order valence-corrected chi connectivity index (χ3v) is 5.21. The maximum absolute atomic E-state index is 12.5. The van der Waals surface area contributed by atoms with E-state index < -0.39 is 17.8 Å².